The maximum atomic E-state index is 12.6. The predicted octanol–water partition coefficient (Wildman–Crippen LogP) is 4.58. The number of ketones is 1. The van der Waals surface area contributed by atoms with Crippen molar-refractivity contribution in [3.05, 3.63) is 89.3 Å². The molecule has 3 rings (SSSR count). The topological polar surface area (TPSA) is 43.1 Å². The minimum Gasteiger partial charge on any atom is -0.361 e. The van der Waals surface area contributed by atoms with Gasteiger partial charge in [0.25, 0.3) is 0 Å². The van der Waals surface area contributed by atoms with Gasteiger partial charge in [-0.15, -0.1) is 0 Å². The second-order valence-electron chi connectivity index (χ2n) is 5.74. The molecule has 23 heavy (non-hydrogen) atoms. The molecular formula is C20H19NO2. The first-order valence-electron chi connectivity index (χ1n) is 7.78. The summed E-state index contributed by atoms with van der Waals surface area (Å²) < 4.78 is 5.34. The van der Waals surface area contributed by atoms with E-state index in [2.05, 4.69) is 17.3 Å². The summed E-state index contributed by atoms with van der Waals surface area (Å²) in [5.74, 6) is 1.05. The van der Waals surface area contributed by atoms with Gasteiger partial charge in [0.15, 0.2) is 5.78 Å². The molecule has 1 atom stereocenters. The van der Waals surface area contributed by atoms with Crippen LogP contribution in [0.4, 0.5) is 0 Å². The van der Waals surface area contributed by atoms with Crippen molar-refractivity contribution in [2.24, 2.45) is 0 Å². The molecule has 3 aromatic rings. The van der Waals surface area contributed by atoms with Gasteiger partial charge in [0, 0.05) is 24.5 Å². The molecule has 3 heteroatoms. The average Bonchev–Trinajstić information content (AvgIpc) is 3.01. The number of carbonyl (C=O) groups excluding carboxylic acids is 1. The highest BCUT2D eigenvalue weighted by Gasteiger charge is 2.19. The lowest BCUT2D eigenvalue weighted by atomic mass is 9.88. The molecule has 2 aromatic carbocycles. The van der Waals surface area contributed by atoms with E-state index in [9.17, 15) is 4.79 Å². The Kier molecular flexibility index (Phi) is 4.67. The second kappa shape index (κ2) is 7.05. The Morgan fingerprint density at radius 3 is 2.30 bits per heavy atom. The third-order valence-electron chi connectivity index (χ3n) is 3.92. The van der Waals surface area contributed by atoms with E-state index in [1.54, 1.807) is 0 Å². The lowest BCUT2D eigenvalue weighted by molar-refractivity contribution is 0.0972. The smallest absolute Gasteiger partial charge is 0.163 e. The van der Waals surface area contributed by atoms with Crippen LogP contribution in [0.2, 0.25) is 0 Å². The molecule has 1 aromatic heterocycles. The van der Waals surface area contributed by atoms with Gasteiger partial charge >= 0.3 is 0 Å². The van der Waals surface area contributed by atoms with Gasteiger partial charge < -0.3 is 4.52 Å². The molecule has 0 unspecified atom stereocenters. The van der Waals surface area contributed by atoms with Gasteiger partial charge in [-0.25, -0.2) is 0 Å². The number of benzene rings is 2. The van der Waals surface area contributed by atoms with Crippen LogP contribution >= 0.6 is 0 Å². The Bertz CT molecular complexity index is 763. The lowest BCUT2D eigenvalue weighted by Crippen LogP contribution is -2.10. The highest BCUT2D eigenvalue weighted by atomic mass is 16.5. The van der Waals surface area contributed by atoms with Crippen molar-refractivity contribution in [2.75, 3.05) is 0 Å². The van der Waals surface area contributed by atoms with Crippen LogP contribution in [0.1, 0.15) is 39.7 Å². The molecule has 0 spiro atoms. The summed E-state index contributed by atoms with van der Waals surface area (Å²) >= 11 is 0. The van der Waals surface area contributed by atoms with Crippen LogP contribution in [0, 0.1) is 6.92 Å². The zero-order chi connectivity index (χ0) is 16.1. The highest BCUT2D eigenvalue weighted by Crippen LogP contribution is 2.26. The largest absolute Gasteiger partial charge is 0.361 e. The van der Waals surface area contributed by atoms with Gasteiger partial charge in [0.2, 0.25) is 0 Å². The predicted molar refractivity (Wildman–Crippen MR) is 89.5 cm³/mol. The molecule has 0 radical (unpaired) electrons. The van der Waals surface area contributed by atoms with Crippen molar-refractivity contribution in [1.29, 1.82) is 0 Å². The van der Waals surface area contributed by atoms with Gasteiger partial charge in [-0.3, -0.25) is 4.79 Å². The number of aryl methyl sites for hydroxylation is 1. The van der Waals surface area contributed by atoms with Gasteiger partial charge in [0.1, 0.15) is 5.76 Å². The van der Waals surface area contributed by atoms with Crippen LogP contribution in [-0.4, -0.2) is 10.9 Å². The summed E-state index contributed by atoms with van der Waals surface area (Å²) in [5, 5.41) is 3.94. The van der Waals surface area contributed by atoms with E-state index in [1.165, 1.54) is 0 Å². The SMILES string of the molecule is Cc1cc(C[C@H](CC(=O)c2ccccc2)c2ccccc2)on1. The zero-order valence-corrected chi connectivity index (χ0v) is 13.1. The zero-order valence-electron chi connectivity index (χ0n) is 13.1. The summed E-state index contributed by atoms with van der Waals surface area (Å²) in [6, 6.07) is 21.5. The van der Waals surface area contributed by atoms with Crippen molar-refractivity contribution in [1.82, 2.24) is 5.16 Å². The lowest BCUT2D eigenvalue weighted by Gasteiger charge is -2.15. The summed E-state index contributed by atoms with van der Waals surface area (Å²) in [6.07, 6.45) is 1.12. The van der Waals surface area contributed by atoms with Crippen LogP contribution in [0.5, 0.6) is 0 Å². The summed E-state index contributed by atoms with van der Waals surface area (Å²) in [7, 11) is 0. The number of hydrogen-bond acceptors (Lipinski definition) is 3. The van der Waals surface area contributed by atoms with E-state index in [0.29, 0.717) is 12.8 Å². The first-order chi connectivity index (χ1) is 11.2. The fraction of sp³-hybridized carbons (Fsp3) is 0.200. The van der Waals surface area contributed by atoms with Gasteiger partial charge in [-0.1, -0.05) is 65.8 Å². The van der Waals surface area contributed by atoms with Crippen molar-refractivity contribution >= 4 is 5.78 Å². The molecule has 0 amide bonds. The van der Waals surface area contributed by atoms with Crippen LogP contribution in [0.25, 0.3) is 0 Å². The third kappa shape index (κ3) is 3.95. The van der Waals surface area contributed by atoms with E-state index >= 15 is 0 Å². The van der Waals surface area contributed by atoms with Gasteiger partial charge in [-0.05, 0) is 18.4 Å². The number of nitrogens with zero attached hydrogens (tertiary/aromatic N) is 1. The van der Waals surface area contributed by atoms with E-state index in [1.807, 2.05) is 61.5 Å². The molecule has 0 fully saturated rings. The Hall–Kier alpha value is -2.68. The van der Waals surface area contributed by atoms with Gasteiger partial charge in [-0.2, -0.15) is 0 Å². The van der Waals surface area contributed by atoms with E-state index in [-0.39, 0.29) is 11.7 Å². The third-order valence-corrected chi connectivity index (χ3v) is 3.92. The standard InChI is InChI=1S/C20H19NO2/c1-15-12-19(23-21-15)13-18(16-8-4-2-5-9-16)14-20(22)17-10-6-3-7-11-17/h2-12,18H,13-14H2,1H3/t18-/m1/s1. The van der Waals surface area contributed by atoms with Crippen LogP contribution in [0.15, 0.2) is 71.3 Å². The van der Waals surface area contributed by atoms with E-state index in [4.69, 9.17) is 4.52 Å². The normalized spacial score (nSPS) is 12.0. The average molecular weight is 305 g/mol. The molecule has 0 aliphatic carbocycles. The molecule has 0 saturated heterocycles. The molecule has 0 N–H and O–H groups in total. The number of rotatable bonds is 6. The number of aromatic nitrogens is 1. The monoisotopic (exact) mass is 305 g/mol. The minimum atomic E-state index is 0.0799. The van der Waals surface area contributed by atoms with Crippen molar-refractivity contribution in [2.45, 2.75) is 25.7 Å². The summed E-state index contributed by atoms with van der Waals surface area (Å²) in [4.78, 5) is 12.6. The molecule has 0 saturated carbocycles. The minimum absolute atomic E-state index is 0.0799. The van der Waals surface area contributed by atoms with Crippen LogP contribution < -0.4 is 0 Å². The van der Waals surface area contributed by atoms with Crippen LogP contribution in [0.3, 0.4) is 0 Å². The van der Waals surface area contributed by atoms with Crippen molar-refractivity contribution in [3.8, 4) is 0 Å². The number of hydrogen-bond donors (Lipinski definition) is 0. The molecule has 0 bridgehead atoms. The molecule has 116 valence electrons. The Morgan fingerprint density at radius 1 is 1.04 bits per heavy atom. The van der Waals surface area contributed by atoms with Crippen LogP contribution in [-0.2, 0) is 6.42 Å². The van der Waals surface area contributed by atoms with E-state index in [0.717, 1.165) is 22.6 Å². The Morgan fingerprint density at radius 2 is 1.70 bits per heavy atom. The number of carbonyl (C=O) groups is 1. The highest BCUT2D eigenvalue weighted by molar-refractivity contribution is 5.96. The van der Waals surface area contributed by atoms with E-state index < -0.39 is 0 Å². The maximum Gasteiger partial charge on any atom is 0.163 e. The summed E-state index contributed by atoms with van der Waals surface area (Å²) in [6.45, 7) is 1.90. The molecular weight excluding hydrogens is 286 g/mol. The van der Waals surface area contributed by atoms with Crippen molar-refractivity contribution in [3.63, 3.8) is 0 Å². The number of Topliss-reactive ketones (excluding diaryl/α,β-unsaturated/α-hetero) is 1. The second-order valence-corrected chi connectivity index (χ2v) is 5.74. The van der Waals surface area contributed by atoms with Crippen molar-refractivity contribution < 1.29 is 9.32 Å². The quantitative estimate of drug-likeness (QED) is 0.626. The fourth-order valence-electron chi connectivity index (χ4n) is 2.75. The maximum absolute atomic E-state index is 12.6. The molecule has 0 aliphatic heterocycles. The molecule has 1 heterocycles. The summed E-state index contributed by atoms with van der Waals surface area (Å²) in [5.41, 5.74) is 2.76. The van der Waals surface area contributed by atoms with Gasteiger partial charge in [0.05, 0.1) is 5.69 Å². The molecule has 0 aliphatic rings. The first-order valence-corrected chi connectivity index (χ1v) is 7.78. The molecule has 3 nitrogen and oxygen atoms in total. The first kappa shape index (κ1) is 15.2. The Labute approximate surface area is 135 Å². The fourth-order valence-corrected chi connectivity index (χ4v) is 2.75. The Balaban J connectivity index is 1.82.